The van der Waals surface area contributed by atoms with Crippen LogP contribution < -0.4 is 4.74 Å². The van der Waals surface area contributed by atoms with Crippen LogP contribution in [-0.2, 0) is 4.79 Å². The Labute approximate surface area is 195 Å². The molecule has 1 aromatic rings. The van der Waals surface area contributed by atoms with Crippen molar-refractivity contribution in [2.75, 3.05) is 6.61 Å². The van der Waals surface area contributed by atoms with Crippen LogP contribution in [0.2, 0.25) is 0 Å². The van der Waals surface area contributed by atoms with Gasteiger partial charge in [0.05, 0.1) is 6.61 Å². The van der Waals surface area contributed by atoms with Gasteiger partial charge in [-0.3, -0.25) is 0 Å². The lowest BCUT2D eigenvalue weighted by molar-refractivity contribution is -0.111. The van der Waals surface area contributed by atoms with Crippen molar-refractivity contribution in [1.29, 1.82) is 0 Å². The summed E-state index contributed by atoms with van der Waals surface area (Å²) in [5.41, 5.74) is 0. The van der Waals surface area contributed by atoms with Gasteiger partial charge in [0.2, 0.25) is 0 Å². The number of benzene rings is 1. The molecule has 2 aliphatic rings. The molecule has 0 aromatic heterocycles. The first kappa shape index (κ1) is 24.7. The number of hydrogen-bond acceptors (Lipinski definition) is 3. The third kappa shape index (κ3) is 10.0. The van der Waals surface area contributed by atoms with Crippen LogP contribution in [0.1, 0.15) is 109 Å². The second kappa shape index (κ2) is 15.0. The minimum Gasteiger partial charge on any atom is -0.493 e. The molecule has 0 aliphatic heterocycles. The first-order valence-corrected chi connectivity index (χ1v) is 14.1. The molecule has 2 fully saturated rings. The molecule has 0 spiro atoms. The zero-order valence-corrected chi connectivity index (χ0v) is 20.4. The second-order valence-electron chi connectivity index (χ2n) is 9.91. The minimum atomic E-state index is 0.281. The van der Waals surface area contributed by atoms with E-state index < -0.39 is 0 Å². The van der Waals surface area contributed by atoms with Crippen molar-refractivity contribution in [3.63, 3.8) is 0 Å². The Kier molecular flexibility index (Phi) is 11.9. The normalized spacial score (nSPS) is 25.4. The summed E-state index contributed by atoms with van der Waals surface area (Å²) in [4.78, 5) is 12.6. The van der Waals surface area contributed by atoms with Crippen LogP contribution in [0.4, 0.5) is 0 Å². The smallest absolute Gasteiger partial charge is 0.123 e. The number of carbonyl (C=O) groups is 1. The Bertz CT molecular complexity index is 588. The highest BCUT2D eigenvalue weighted by Gasteiger charge is 2.17. The molecule has 31 heavy (non-hydrogen) atoms. The largest absolute Gasteiger partial charge is 0.493 e. The van der Waals surface area contributed by atoms with E-state index in [4.69, 9.17) is 4.74 Å². The maximum atomic E-state index is 11.3. The van der Waals surface area contributed by atoms with Gasteiger partial charge in [0.1, 0.15) is 12.0 Å². The number of carbonyl (C=O) groups excluding carboxylic acids is 1. The summed E-state index contributed by atoms with van der Waals surface area (Å²) in [6.07, 6.45) is 23.5. The van der Waals surface area contributed by atoms with Crippen molar-refractivity contribution < 1.29 is 9.53 Å². The lowest BCUT2D eigenvalue weighted by atomic mass is 9.96. The van der Waals surface area contributed by atoms with Gasteiger partial charge in [-0.15, -0.1) is 11.8 Å². The van der Waals surface area contributed by atoms with E-state index in [1.165, 1.54) is 101 Å². The van der Waals surface area contributed by atoms with E-state index in [9.17, 15) is 4.79 Å². The first-order valence-electron chi connectivity index (χ1n) is 13.2. The average molecular weight is 445 g/mol. The summed E-state index contributed by atoms with van der Waals surface area (Å²) < 4.78 is 6.22. The maximum Gasteiger partial charge on any atom is 0.123 e. The highest BCUT2D eigenvalue weighted by molar-refractivity contribution is 8.00. The lowest BCUT2D eigenvalue weighted by Crippen LogP contribution is -2.12. The number of hydrogen-bond donors (Lipinski definition) is 0. The number of thioether (sulfide) groups is 1. The fourth-order valence-corrected chi connectivity index (χ4v) is 6.37. The topological polar surface area (TPSA) is 26.3 Å². The molecule has 0 bridgehead atoms. The Hall–Kier alpha value is -0.960. The van der Waals surface area contributed by atoms with Gasteiger partial charge >= 0.3 is 0 Å². The molecule has 2 saturated carbocycles. The molecule has 2 unspecified atom stereocenters. The van der Waals surface area contributed by atoms with Crippen LogP contribution in [0.5, 0.6) is 5.75 Å². The summed E-state index contributed by atoms with van der Waals surface area (Å²) in [7, 11) is 0. The zero-order valence-electron chi connectivity index (χ0n) is 19.6. The fraction of sp³-hybridized carbons (Fsp3) is 0.750. The molecule has 0 amide bonds. The number of aldehydes is 1. The summed E-state index contributed by atoms with van der Waals surface area (Å²) >= 11 is 2.00. The summed E-state index contributed by atoms with van der Waals surface area (Å²) in [5, 5.41) is 0.638. The SMILES string of the molecule is O=CC1CCCCCC(Sc2ccc(OCC3CCCCCCCCCC3)cc2)CC1. The van der Waals surface area contributed by atoms with Gasteiger partial charge in [-0.05, 0) is 68.7 Å². The molecule has 3 rings (SSSR count). The molecule has 0 N–H and O–H groups in total. The molecule has 2 atom stereocenters. The molecule has 1 aromatic carbocycles. The van der Waals surface area contributed by atoms with Gasteiger partial charge in [0.25, 0.3) is 0 Å². The maximum absolute atomic E-state index is 11.3. The van der Waals surface area contributed by atoms with Gasteiger partial charge in [-0.1, -0.05) is 70.6 Å². The average Bonchev–Trinajstić information content (AvgIpc) is 2.85. The van der Waals surface area contributed by atoms with E-state index in [-0.39, 0.29) is 5.92 Å². The van der Waals surface area contributed by atoms with E-state index in [1.54, 1.807) is 0 Å². The summed E-state index contributed by atoms with van der Waals surface area (Å²) in [6.45, 7) is 0.877. The predicted molar refractivity (Wildman–Crippen MR) is 133 cm³/mol. The van der Waals surface area contributed by atoms with E-state index >= 15 is 0 Å². The molecule has 174 valence electrons. The van der Waals surface area contributed by atoms with E-state index in [2.05, 4.69) is 24.3 Å². The van der Waals surface area contributed by atoms with Crippen molar-refractivity contribution in [3.05, 3.63) is 24.3 Å². The zero-order chi connectivity index (χ0) is 21.6. The van der Waals surface area contributed by atoms with Crippen molar-refractivity contribution >= 4 is 18.0 Å². The standard InChI is InChI=1S/C28H44O2S/c29-22-24-12-10-7-11-15-27(19-16-24)31-28-20-17-26(18-21-28)30-23-25-13-8-5-3-1-2-4-6-9-14-25/h17-18,20-22,24-25,27H,1-16,19,23H2. The van der Waals surface area contributed by atoms with Crippen LogP contribution in [0.15, 0.2) is 29.2 Å². The summed E-state index contributed by atoms with van der Waals surface area (Å²) in [6, 6.07) is 8.80. The molecule has 2 aliphatic carbocycles. The van der Waals surface area contributed by atoms with Crippen molar-refractivity contribution in [2.45, 2.75) is 119 Å². The van der Waals surface area contributed by atoms with E-state index in [0.717, 1.165) is 37.5 Å². The fourth-order valence-electron chi connectivity index (χ4n) is 5.16. The van der Waals surface area contributed by atoms with E-state index in [1.807, 2.05) is 11.8 Å². The number of rotatable bonds is 6. The molecular formula is C28H44O2S. The summed E-state index contributed by atoms with van der Waals surface area (Å²) in [5.74, 6) is 2.02. The molecular weight excluding hydrogens is 400 g/mol. The highest BCUT2D eigenvalue weighted by Crippen LogP contribution is 2.34. The first-order chi connectivity index (χ1) is 15.3. The molecule has 3 heteroatoms. The van der Waals surface area contributed by atoms with Gasteiger partial charge in [0.15, 0.2) is 0 Å². The van der Waals surface area contributed by atoms with Crippen LogP contribution in [-0.4, -0.2) is 18.1 Å². The monoisotopic (exact) mass is 444 g/mol. The predicted octanol–water partition coefficient (Wildman–Crippen LogP) is 8.62. The Balaban J connectivity index is 1.44. The van der Waals surface area contributed by atoms with Gasteiger partial charge in [-0.2, -0.15) is 0 Å². The third-order valence-corrected chi connectivity index (χ3v) is 8.59. The molecule has 2 nitrogen and oxygen atoms in total. The van der Waals surface area contributed by atoms with E-state index in [0.29, 0.717) is 5.25 Å². The van der Waals surface area contributed by atoms with Crippen LogP contribution >= 0.6 is 11.8 Å². The Morgan fingerprint density at radius 3 is 1.97 bits per heavy atom. The molecule has 0 radical (unpaired) electrons. The van der Waals surface area contributed by atoms with Crippen molar-refractivity contribution in [1.82, 2.24) is 0 Å². The lowest BCUT2D eigenvalue weighted by Gasteiger charge is -2.18. The minimum absolute atomic E-state index is 0.281. The third-order valence-electron chi connectivity index (χ3n) is 7.24. The van der Waals surface area contributed by atoms with Crippen molar-refractivity contribution in [3.8, 4) is 5.75 Å². The van der Waals surface area contributed by atoms with Crippen LogP contribution in [0.25, 0.3) is 0 Å². The van der Waals surface area contributed by atoms with Crippen molar-refractivity contribution in [2.24, 2.45) is 11.8 Å². The van der Waals surface area contributed by atoms with Crippen LogP contribution in [0.3, 0.4) is 0 Å². The molecule has 0 saturated heterocycles. The highest BCUT2D eigenvalue weighted by atomic mass is 32.2. The molecule has 0 heterocycles. The van der Waals surface area contributed by atoms with Gasteiger partial charge in [-0.25, -0.2) is 0 Å². The Morgan fingerprint density at radius 2 is 1.29 bits per heavy atom. The van der Waals surface area contributed by atoms with Crippen LogP contribution in [0, 0.1) is 11.8 Å². The quantitative estimate of drug-likeness (QED) is 0.411. The second-order valence-corrected chi connectivity index (χ2v) is 11.3. The van der Waals surface area contributed by atoms with Gasteiger partial charge in [0, 0.05) is 16.1 Å². The number of ether oxygens (including phenoxy) is 1. The Morgan fingerprint density at radius 1 is 0.710 bits per heavy atom. The van der Waals surface area contributed by atoms with Gasteiger partial charge < -0.3 is 9.53 Å².